The Labute approximate surface area is 164 Å². The van der Waals surface area contributed by atoms with E-state index in [1.807, 2.05) is 6.92 Å². The summed E-state index contributed by atoms with van der Waals surface area (Å²) in [5.41, 5.74) is 0.895. The summed E-state index contributed by atoms with van der Waals surface area (Å²) in [6, 6.07) is 5.32. The van der Waals surface area contributed by atoms with Crippen LogP contribution in [0.25, 0.3) is 0 Å². The van der Waals surface area contributed by atoms with Crippen molar-refractivity contribution in [3.8, 4) is 0 Å². The number of carbonyl (C=O) groups is 2. The van der Waals surface area contributed by atoms with Gasteiger partial charge in [-0.15, -0.1) is 0 Å². The Hall–Kier alpha value is -2.01. The van der Waals surface area contributed by atoms with Crippen LogP contribution in [0.1, 0.15) is 26.3 Å². The Morgan fingerprint density at radius 3 is 2.36 bits per heavy atom. The maximum absolute atomic E-state index is 12.3. The fourth-order valence-corrected chi connectivity index (χ4v) is 3.82. The number of carbonyl (C=O) groups excluding carboxylic acids is 2. The summed E-state index contributed by atoms with van der Waals surface area (Å²) in [5, 5.41) is 13.1. The number of hydrogen-bond acceptors (Lipinski definition) is 8. The molecule has 156 valence electrons. The predicted octanol–water partition coefficient (Wildman–Crippen LogP) is 0.490. The molecule has 5 unspecified atom stereocenters. The number of hydrogen-bond donors (Lipinski definition) is 2. The minimum atomic E-state index is -4.06. The first-order valence-corrected chi connectivity index (χ1v) is 10.2. The molecule has 0 aromatic heterocycles. The fraction of sp³-hybridized carbons (Fsp3) is 0.556. The van der Waals surface area contributed by atoms with Gasteiger partial charge in [0.1, 0.15) is 6.10 Å². The van der Waals surface area contributed by atoms with Crippen LogP contribution in [0.2, 0.25) is 0 Å². The first kappa shape index (κ1) is 22.3. The van der Waals surface area contributed by atoms with Gasteiger partial charge in [0.25, 0.3) is 10.1 Å². The lowest BCUT2D eigenvalue weighted by atomic mass is 9.89. The minimum Gasteiger partial charge on any atom is -0.434 e. The predicted molar refractivity (Wildman–Crippen MR) is 97.5 cm³/mol. The summed E-state index contributed by atoms with van der Waals surface area (Å²) in [5.74, 6) is -1.62. The van der Waals surface area contributed by atoms with E-state index in [1.165, 1.54) is 26.0 Å². The summed E-state index contributed by atoms with van der Waals surface area (Å²) in [7, 11) is -4.06. The highest BCUT2D eigenvalue weighted by molar-refractivity contribution is 7.86. The first-order valence-electron chi connectivity index (χ1n) is 8.75. The number of amides is 1. The zero-order valence-corrected chi connectivity index (χ0v) is 16.9. The average molecular weight is 415 g/mol. The smallest absolute Gasteiger partial charge is 0.305 e. The van der Waals surface area contributed by atoms with Crippen LogP contribution in [0.5, 0.6) is 0 Å². The number of esters is 1. The SMILES string of the molecule is CC(=O)NC1C(OC(C)=O)OC(COS(=O)(=O)c2ccc(C)cc2)C(O)C1C. The molecule has 0 saturated carbocycles. The van der Waals surface area contributed by atoms with Gasteiger partial charge in [0.05, 0.1) is 23.6 Å². The molecule has 1 heterocycles. The lowest BCUT2D eigenvalue weighted by molar-refractivity contribution is -0.248. The molecule has 5 atom stereocenters. The second-order valence-electron chi connectivity index (χ2n) is 6.78. The van der Waals surface area contributed by atoms with Gasteiger partial charge in [0.2, 0.25) is 12.2 Å². The van der Waals surface area contributed by atoms with Crippen molar-refractivity contribution < 1.29 is 36.8 Å². The molecule has 1 aromatic carbocycles. The van der Waals surface area contributed by atoms with Crippen LogP contribution in [0.15, 0.2) is 29.2 Å². The molecule has 1 saturated heterocycles. The molecular weight excluding hydrogens is 390 g/mol. The van der Waals surface area contributed by atoms with E-state index >= 15 is 0 Å². The van der Waals surface area contributed by atoms with E-state index in [1.54, 1.807) is 19.1 Å². The maximum Gasteiger partial charge on any atom is 0.305 e. The number of aliphatic hydroxyl groups is 1. The summed E-state index contributed by atoms with van der Waals surface area (Å²) >= 11 is 0. The molecule has 0 radical (unpaired) electrons. The number of rotatable bonds is 6. The second-order valence-corrected chi connectivity index (χ2v) is 8.40. The molecule has 9 nitrogen and oxygen atoms in total. The Bertz CT molecular complexity index is 807. The van der Waals surface area contributed by atoms with Crippen LogP contribution in [-0.2, 0) is 33.4 Å². The van der Waals surface area contributed by atoms with Gasteiger partial charge < -0.3 is 19.9 Å². The molecular formula is C18H25NO8S. The fourth-order valence-electron chi connectivity index (χ4n) is 2.90. The molecule has 0 bridgehead atoms. The van der Waals surface area contributed by atoms with Crippen LogP contribution in [0.4, 0.5) is 0 Å². The molecule has 1 aliphatic heterocycles. The first-order chi connectivity index (χ1) is 13.0. The standard InChI is InChI=1S/C18H25NO8S/c1-10-5-7-14(8-6-10)28(23,24)25-9-15-17(22)11(2)16(19-12(3)20)18(27-15)26-13(4)21/h5-8,11,15-18,22H,9H2,1-4H3,(H,19,20). The monoisotopic (exact) mass is 415 g/mol. The minimum absolute atomic E-state index is 0.0240. The van der Waals surface area contributed by atoms with Gasteiger partial charge in [0, 0.05) is 19.8 Å². The lowest BCUT2D eigenvalue weighted by Gasteiger charge is -2.42. The highest BCUT2D eigenvalue weighted by atomic mass is 32.2. The lowest BCUT2D eigenvalue weighted by Crippen LogP contribution is -2.61. The Kier molecular flexibility index (Phi) is 7.16. The summed E-state index contributed by atoms with van der Waals surface area (Å²) < 4.78 is 40.4. The van der Waals surface area contributed by atoms with Crippen LogP contribution >= 0.6 is 0 Å². The molecule has 2 rings (SSSR count). The van der Waals surface area contributed by atoms with Crippen LogP contribution in [-0.4, -0.2) is 56.5 Å². The van der Waals surface area contributed by atoms with E-state index in [2.05, 4.69) is 5.32 Å². The summed E-state index contributed by atoms with van der Waals surface area (Å²) in [6.07, 6.45) is -3.42. The number of ether oxygens (including phenoxy) is 2. The van der Waals surface area contributed by atoms with E-state index in [9.17, 15) is 23.1 Å². The van der Waals surface area contributed by atoms with E-state index < -0.39 is 53.2 Å². The van der Waals surface area contributed by atoms with Crippen LogP contribution in [0.3, 0.4) is 0 Å². The van der Waals surface area contributed by atoms with Crippen molar-refractivity contribution in [2.45, 2.75) is 57.1 Å². The van der Waals surface area contributed by atoms with Gasteiger partial charge in [-0.3, -0.25) is 13.8 Å². The highest BCUT2D eigenvalue weighted by Crippen LogP contribution is 2.28. The van der Waals surface area contributed by atoms with Crippen molar-refractivity contribution in [2.24, 2.45) is 5.92 Å². The third-order valence-electron chi connectivity index (χ3n) is 4.44. The van der Waals surface area contributed by atoms with Gasteiger partial charge in [-0.25, -0.2) is 0 Å². The van der Waals surface area contributed by atoms with Crippen molar-refractivity contribution in [1.82, 2.24) is 5.32 Å². The largest absolute Gasteiger partial charge is 0.434 e. The highest BCUT2D eigenvalue weighted by Gasteiger charge is 2.45. The van der Waals surface area contributed by atoms with Gasteiger partial charge in [-0.2, -0.15) is 8.42 Å². The average Bonchev–Trinajstić information content (AvgIpc) is 2.60. The molecule has 0 spiro atoms. The molecule has 28 heavy (non-hydrogen) atoms. The molecule has 2 N–H and O–H groups in total. The zero-order chi connectivity index (χ0) is 21.1. The van der Waals surface area contributed by atoms with Crippen molar-refractivity contribution in [3.05, 3.63) is 29.8 Å². The van der Waals surface area contributed by atoms with Gasteiger partial charge in [-0.1, -0.05) is 24.6 Å². The van der Waals surface area contributed by atoms with E-state index in [4.69, 9.17) is 13.7 Å². The molecule has 1 aliphatic rings. The number of nitrogens with one attached hydrogen (secondary N) is 1. The number of aryl methyl sites for hydroxylation is 1. The molecule has 0 aliphatic carbocycles. The van der Waals surface area contributed by atoms with Crippen LogP contribution < -0.4 is 5.32 Å². The van der Waals surface area contributed by atoms with Crippen molar-refractivity contribution in [3.63, 3.8) is 0 Å². The third-order valence-corrected chi connectivity index (χ3v) is 5.73. The van der Waals surface area contributed by atoms with Crippen molar-refractivity contribution in [2.75, 3.05) is 6.61 Å². The molecule has 1 aromatic rings. The number of benzene rings is 1. The summed E-state index contributed by atoms with van der Waals surface area (Å²) in [6.45, 7) is 5.44. The van der Waals surface area contributed by atoms with E-state index in [0.717, 1.165) is 5.56 Å². The zero-order valence-electron chi connectivity index (χ0n) is 16.1. The van der Waals surface area contributed by atoms with E-state index in [0.29, 0.717) is 0 Å². The third kappa shape index (κ3) is 5.51. The summed E-state index contributed by atoms with van der Waals surface area (Å²) in [4.78, 5) is 22.8. The molecule has 10 heteroatoms. The van der Waals surface area contributed by atoms with Crippen LogP contribution in [0, 0.1) is 12.8 Å². The Balaban J connectivity index is 2.13. The van der Waals surface area contributed by atoms with Crippen molar-refractivity contribution >= 4 is 22.0 Å². The molecule has 1 fully saturated rings. The maximum atomic E-state index is 12.3. The molecule has 1 amide bonds. The normalized spacial score (nSPS) is 27.8. The van der Waals surface area contributed by atoms with Gasteiger partial charge in [-0.05, 0) is 19.1 Å². The quantitative estimate of drug-likeness (QED) is 0.507. The van der Waals surface area contributed by atoms with Crippen molar-refractivity contribution in [1.29, 1.82) is 0 Å². The number of aliphatic hydroxyl groups excluding tert-OH is 1. The second kappa shape index (κ2) is 8.99. The Morgan fingerprint density at radius 2 is 1.82 bits per heavy atom. The van der Waals surface area contributed by atoms with Gasteiger partial charge >= 0.3 is 5.97 Å². The topological polar surface area (TPSA) is 128 Å². The Morgan fingerprint density at radius 1 is 1.21 bits per heavy atom. The van der Waals surface area contributed by atoms with E-state index in [-0.39, 0.29) is 10.8 Å². The van der Waals surface area contributed by atoms with Gasteiger partial charge in [0.15, 0.2) is 0 Å².